The van der Waals surface area contributed by atoms with Crippen molar-refractivity contribution in [1.29, 1.82) is 0 Å². The molecule has 7 heteroatoms. The van der Waals surface area contributed by atoms with Crippen LogP contribution in [-0.4, -0.2) is 52.0 Å². The van der Waals surface area contributed by atoms with Crippen molar-refractivity contribution < 1.29 is 23.9 Å². The van der Waals surface area contributed by atoms with Crippen molar-refractivity contribution in [2.75, 3.05) is 6.54 Å². The van der Waals surface area contributed by atoms with E-state index in [1.807, 2.05) is 24.3 Å². The van der Waals surface area contributed by atoms with Gasteiger partial charge in [0.2, 0.25) is 5.78 Å². The molecule has 1 aromatic heterocycles. The summed E-state index contributed by atoms with van der Waals surface area (Å²) in [5.74, 6) is -0.864. The molecule has 1 aliphatic heterocycles. The first-order valence-electron chi connectivity index (χ1n) is 9.48. The minimum absolute atomic E-state index is 0.285. The Bertz CT molecular complexity index is 896. The normalized spacial score (nSPS) is 18.1. The lowest BCUT2D eigenvalue weighted by atomic mass is 10.1. The zero-order valence-electron chi connectivity index (χ0n) is 16.7. The Morgan fingerprint density at radius 2 is 1.93 bits per heavy atom. The summed E-state index contributed by atoms with van der Waals surface area (Å²) < 4.78 is 10.8. The van der Waals surface area contributed by atoms with Crippen molar-refractivity contribution in [1.82, 2.24) is 9.88 Å². The second kappa shape index (κ2) is 7.66. The minimum Gasteiger partial charge on any atom is -0.453 e. The third-order valence-corrected chi connectivity index (χ3v) is 4.67. The Kier molecular flexibility index (Phi) is 5.45. The zero-order chi connectivity index (χ0) is 20.5. The molecular weight excluding hydrogens is 360 g/mol. The van der Waals surface area contributed by atoms with Crippen LogP contribution in [0.15, 0.2) is 30.5 Å². The van der Waals surface area contributed by atoms with Crippen molar-refractivity contribution in [2.45, 2.75) is 58.3 Å². The van der Waals surface area contributed by atoms with E-state index in [1.54, 1.807) is 33.9 Å². The van der Waals surface area contributed by atoms with Crippen molar-refractivity contribution in [3.63, 3.8) is 0 Å². The standard InChI is InChI=1S/C21H26N2O5/c1-13(18(24)15-12-22-16-9-6-5-8-14(15)16)27-19(25)17-10-7-11-23(17)20(26)28-21(2,3)4/h5-6,8-9,12-13,17,22H,7,10-11H2,1-4H3. The molecule has 0 saturated carbocycles. The number of likely N-dealkylation sites (tertiary alicyclic amines) is 1. The monoisotopic (exact) mass is 386 g/mol. The number of benzene rings is 1. The van der Waals surface area contributed by atoms with Gasteiger partial charge < -0.3 is 14.5 Å². The van der Waals surface area contributed by atoms with Gasteiger partial charge >= 0.3 is 12.1 Å². The van der Waals surface area contributed by atoms with Crippen molar-refractivity contribution >= 4 is 28.7 Å². The first-order valence-corrected chi connectivity index (χ1v) is 9.48. The van der Waals surface area contributed by atoms with Crippen LogP contribution in [0.3, 0.4) is 0 Å². The smallest absolute Gasteiger partial charge is 0.411 e. The van der Waals surface area contributed by atoms with Gasteiger partial charge in [-0.1, -0.05) is 18.2 Å². The van der Waals surface area contributed by atoms with Gasteiger partial charge in [-0.2, -0.15) is 0 Å². The topological polar surface area (TPSA) is 88.7 Å². The molecule has 7 nitrogen and oxygen atoms in total. The largest absolute Gasteiger partial charge is 0.453 e. The zero-order valence-corrected chi connectivity index (χ0v) is 16.7. The second-order valence-corrected chi connectivity index (χ2v) is 8.02. The Hall–Kier alpha value is -2.83. The number of esters is 1. The highest BCUT2D eigenvalue weighted by Gasteiger charge is 2.38. The van der Waals surface area contributed by atoms with Crippen LogP contribution < -0.4 is 0 Å². The molecule has 2 unspecified atom stereocenters. The molecule has 2 atom stereocenters. The van der Waals surface area contributed by atoms with Crippen LogP contribution in [0.1, 0.15) is 50.9 Å². The summed E-state index contributed by atoms with van der Waals surface area (Å²) in [7, 11) is 0. The number of para-hydroxylation sites is 1. The summed E-state index contributed by atoms with van der Waals surface area (Å²) in [6.45, 7) is 7.30. The summed E-state index contributed by atoms with van der Waals surface area (Å²) in [4.78, 5) is 42.2. The molecule has 28 heavy (non-hydrogen) atoms. The second-order valence-electron chi connectivity index (χ2n) is 8.02. The number of rotatable bonds is 4. The number of aromatic amines is 1. The summed E-state index contributed by atoms with van der Waals surface area (Å²) in [5, 5.41) is 0.784. The molecule has 0 bridgehead atoms. The fourth-order valence-corrected chi connectivity index (χ4v) is 3.35. The molecule has 0 spiro atoms. The van der Waals surface area contributed by atoms with E-state index in [-0.39, 0.29) is 5.78 Å². The lowest BCUT2D eigenvalue weighted by Gasteiger charge is -2.28. The number of nitrogens with zero attached hydrogens (tertiary/aromatic N) is 1. The summed E-state index contributed by atoms with van der Waals surface area (Å²) in [6.07, 6.45) is 1.31. The van der Waals surface area contributed by atoms with Crippen LogP contribution in [-0.2, 0) is 14.3 Å². The third-order valence-electron chi connectivity index (χ3n) is 4.67. The highest BCUT2D eigenvalue weighted by atomic mass is 16.6. The van der Waals surface area contributed by atoms with E-state index < -0.39 is 29.8 Å². The number of amides is 1. The predicted octanol–water partition coefficient (Wildman–Crippen LogP) is 3.68. The number of ether oxygens (including phenoxy) is 2. The Labute approximate surface area is 164 Å². The first-order chi connectivity index (χ1) is 13.2. The van der Waals surface area contributed by atoms with Crippen LogP contribution >= 0.6 is 0 Å². The lowest BCUT2D eigenvalue weighted by Crippen LogP contribution is -2.45. The molecule has 2 heterocycles. The number of Topliss-reactive ketones (excluding diaryl/α,β-unsaturated/α-hetero) is 1. The molecule has 1 N–H and O–H groups in total. The fraction of sp³-hybridized carbons (Fsp3) is 0.476. The number of carbonyl (C=O) groups is 3. The van der Waals surface area contributed by atoms with E-state index >= 15 is 0 Å². The van der Waals surface area contributed by atoms with Gasteiger partial charge in [0, 0.05) is 29.2 Å². The number of nitrogens with one attached hydrogen (secondary N) is 1. The van der Waals surface area contributed by atoms with E-state index in [2.05, 4.69) is 4.98 Å². The molecule has 0 aliphatic carbocycles. The molecule has 1 amide bonds. The SMILES string of the molecule is CC(OC(=O)C1CCCN1C(=O)OC(C)(C)C)C(=O)c1c[nH]c2ccccc12. The summed E-state index contributed by atoms with van der Waals surface area (Å²) >= 11 is 0. The maximum Gasteiger partial charge on any atom is 0.411 e. The number of carbonyl (C=O) groups excluding carboxylic acids is 3. The van der Waals surface area contributed by atoms with Crippen LogP contribution in [0.25, 0.3) is 10.9 Å². The molecule has 150 valence electrons. The molecule has 1 fully saturated rings. The van der Waals surface area contributed by atoms with E-state index in [1.165, 1.54) is 4.90 Å². The van der Waals surface area contributed by atoms with Crippen LogP contribution in [0.4, 0.5) is 4.79 Å². The average molecular weight is 386 g/mol. The number of ketones is 1. The van der Waals surface area contributed by atoms with Crippen molar-refractivity contribution in [2.24, 2.45) is 0 Å². The third kappa shape index (κ3) is 4.18. The molecule has 1 saturated heterocycles. The molecule has 0 radical (unpaired) electrons. The maximum absolute atomic E-state index is 12.8. The fourth-order valence-electron chi connectivity index (χ4n) is 3.35. The molecule has 2 aromatic rings. The van der Waals surface area contributed by atoms with Gasteiger partial charge in [0.25, 0.3) is 0 Å². The van der Waals surface area contributed by atoms with E-state index in [0.717, 1.165) is 10.9 Å². The predicted molar refractivity (Wildman–Crippen MR) is 104 cm³/mol. The highest BCUT2D eigenvalue weighted by molar-refractivity contribution is 6.10. The Morgan fingerprint density at radius 1 is 1.21 bits per heavy atom. The van der Waals surface area contributed by atoms with E-state index in [0.29, 0.717) is 24.9 Å². The summed E-state index contributed by atoms with van der Waals surface area (Å²) in [5.41, 5.74) is 0.676. The highest BCUT2D eigenvalue weighted by Crippen LogP contribution is 2.24. The minimum atomic E-state index is -0.951. The summed E-state index contributed by atoms with van der Waals surface area (Å²) in [6, 6.07) is 6.71. The van der Waals surface area contributed by atoms with Crippen LogP contribution in [0.5, 0.6) is 0 Å². The molecular formula is C21H26N2O5. The van der Waals surface area contributed by atoms with Crippen molar-refractivity contribution in [3.8, 4) is 0 Å². The van der Waals surface area contributed by atoms with Gasteiger partial charge in [0.15, 0.2) is 6.10 Å². The maximum atomic E-state index is 12.8. The van der Waals surface area contributed by atoms with Crippen LogP contribution in [0.2, 0.25) is 0 Å². The van der Waals surface area contributed by atoms with Gasteiger partial charge in [-0.05, 0) is 46.6 Å². The van der Waals surface area contributed by atoms with Crippen LogP contribution in [0, 0.1) is 0 Å². The van der Waals surface area contributed by atoms with Gasteiger partial charge in [0.1, 0.15) is 11.6 Å². The van der Waals surface area contributed by atoms with Crippen molar-refractivity contribution in [3.05, 3.63) is 36.0 Å². The van der Waals surface area contributed by atoms with E-state index in [9.17, 15) is 14.4 Å². The number of fused-ring (bicyclic) bond motifs is 1. The number of aromatic nitrogens is 1. The molecule has 1 aliphatic rings. The first kappa shape index (κ1) is 19.9. The lowest BCUT2D eigenvalue weighted by molar-refractivity contribution is -0.151. The number of hydrogen-bond acceptors (Lipinski definition) is 5. The molecule has 3 rings (SSSR count). The Morgan fingerprint density at radius 3 is 2.64 bits per heavy atom. The number of hydrogen-bond donors (Lipinski definition) is 1. The Balaban J connectivity index is 1.68. The molecule has 1 aromatic carbocycles. The van der Waals surface area contributed by atoms with Gasteiger partial charge in [-0.15, -0.1) is 0 Å². The van der Waals surface area contributed by atoms with E-state index in [4.69, 9.17) is 9.47 Å². The average Bonchev–Trinajstić information content (AvgIpc) is 3.26. The number of H-pyrrole nitrogens is 1. The van der Waals surface area contributed by atoms with Gasteiger partial charge in [-0.25, -0.2) is 9.59 Å². The quantitative estimate of drug-likeness (QED) is 0.640. The van der Waals surface area contributed by atoms with Gasteiger partial charge in [-0.3, -0.25) is 9.69 Å². The van der Waals surface area contributed by atoms with Gasteiger partial charge in [0.05, 0.1) is 0 Å².